The van der Waals surface area contributed by atoms with Crippen LogP contribution in [0.2, 0.25) is 10.0 Å². The van der Waals surface area contributed by atoms with E-state index in [1.807, 2.05) is 0 Å². The lowest BCUT2D eigenvalue weighted by Gasteiger charge is -2.14. The second-order valence-electron chi connectivity index (χ2n) is 5.97. The van der Waals surface area contributed by atoms with Crippen LogP contribution in [-0.4, -0.2) is 10.9 Å². The van der Waals surface area contributed by atoms with E-state index in [1.165, 1.54) is 25.3 Å². The zero-order chi connectivity index (χ0) is 19.7. The molecule has 0 aliphatic heterocycles. The Bertz CT molecular complexity index is 998. The molecule has 0 bridgehead atoms. The minimum atomic E-state index is -0.672. The highest BCUT2D eigenvalue weighted by Gasteiger charge is 2.18. The zero-order valence-corrected chi connectivity index (χ0v) is 15.8. The number of oxazole rings is 1. The van der Waals surface area contributed by atoms with Gasteiger partial charge in [-0.05, 0) is 49.7 Å². The Hall–Kier alpha value is -2.44. The van der Waals surface area contributed by atoms with Crippen molar-refractivity contribution in [2.24, 2.45) is 0 Å². The SMILES string of the molecule is Cc1c(F)cc([C@@H](C)NC(=O)c2coc(-c3ccc(Cl)c(Cl)c3)n2)cc1F. The maximum Gasteiger partial charge on any atom is 0.273 e. The summed E-state index contributed by atoms with van der Waals surface area (Å²) in [5, 5.41) is 3.34. The Labute approximate surface area is 164 Å². The third kappa shape index (κ3) is 4.12. The number of benzene rings is 2. The third-order valence-corrected chi connectivity index (χ3v) is 4.79. The first-order chi connectivity index (χ1) is 12.8. The summed E-state index contributed by atoms with van der Waals surface area (Å²) in [6, 6.07) is 6.55. The molecule has 1 atom stereocenters. The van der Waals surface area contributed by atoms with Gasteiger partial charge in [0.2, 0.25) is 5.89 Å². The van der Waals surface area contributed by atoms with Crippen LogP contribution >= 0.6 is 23.2 Å². The molecule has 0 saturated heterocycles. The van der Waals surface area contributed by atoms with Crippen LogP contribution in [0, 0.1) is 18.6 Å². The molecular weight excluding hydrogens is 397 g/mol. The first kappa shape index (κ1) is 19.3. The van der Waals surface area contributed by atoms with E-state index < -0.39 is 23.6 Å². The van der Waals surface area contributed by atoms with Crippen molar-refractivity contribution < 1.29 is 18.0 Å². The Balaban J connectivity index is 1.77. The van der Waals surface area contributed by atoms with Gasteiger partial charge in [-0.1, -0.05) is 23.2 Å². The lowest BCUT2D eigenvalue weighted by atomic mass is 10.1. The third-order valence-electron chi connectivity index (χ3n) is 4.05. The van der Waals surface area contributed by atoms with Gasteiger partial charge in [-0.25, -0.2) is 13.8 Å². The van der Waals surface area contributed by atoms with Crippen LogP contribution in [0.15, 0.2) is 41.0 Å². The molecule has 0 radical (unpaired) electrons. The van der Waals surface area contributed by atoms with Crippen molar-refractivity contribution in [2.45, 2.75) is 19.9 Å². The fourth-order valence-corrected chi connectivity index (χ4v) is 2.71. The van der Waals surface area contributed by atoms with Gasteiger partial charge in [0.25, 0.3) is 5.91 Å². The number of nitrogens with zero attached hydrogens (tertiary/aromatic N) is 1. The van der Waals surface area contributed by atoms with Gasteiger partial charge in [-0.3, -0.25) is 4.79 Å². The molecule has 0 unspecified atom stereocenters. The van der Waals surface area contributed by atoms with E-state index in [1.54, 1.807) is 25.1 Å². The van der Waals surface area contributed by atoms with Crippen molar-refractivity contribution in [3.63, 3.8) is 0 Å². The fraction of sp³-hybridized carbons (Fsp3) is 0.158. The second kappa shape index (κ2) is 7.66. The number of amides is 1. The van der Waals surface area contributed by atoms with Crippen LogP contribution in [0.1, 0.15) is 34.6 Å². The molecule has 0 aliphatic rings. The van der Waals surface area contributed by atoms with Gasteiger partial charge in [0.05, 0.1) is 16.1 Å². The molecule has 0 aliphatic carbocycles. The number of carbonyl (C=O) groups is 1. The number of aromatic nitrogens is 1. The summed E-state index contributed by atoms with van der Waals surface area (Å²) in [5.74, 6) is -1.69. The van der Waals surface area contributed by atoms with Gasteiger partial charge in [0, 0.05) is 11.1 Å². The Kier molecular flexibility index (Phi) is 5.48. The summed E-state index contributed by atoms with van der Waals surface area (Å²) in [6.45, 7) is 2.96. The lowest BCUT2D eigenvalue weighted by molar-refractivity contribution is 0.0934. The molecule has 27 heavy (non-hydrogen) atoms. The van der Waals surface area contributed by atoms with E-state index in [2.05, 4.69) is 10.3 Å². The molecule has 140 valence electrons. The molecular formula is C19H14Cl2F2N2O2. The van der Waals surface area contributed by atoms with Gasteiger partial charge in [-0.2, -0.15) is 0 Å². The van der Waals surface area contributed by atoms with Crippen molar-refractivity contribution in [2.75, 3.05) is 0 Å². The molecule has 4 nitrogen and oxygen atoms in total. The molecule has 2 aromatic carbocycles. The Morgan fingerprint density at radius 1 is 1.15 bits per heavy atom. The molecule has 1 heterocycles. The van der Waals surface area contributed by atoms with Gasteiger partial charge < -0.3 is 9.73 Å². The molecule has 1 N–H and O–H groups in total. The van der Waals surface area contributed by atoms with Crippen LogP contribution in [0.4, 0.5) is 8.78 Å². The second-order valence-corrected chi connectivity index (χ2v) is 6.79. The summed E-state index contributed by atoms with van der Waals surface area (Å²) in [5.41, 5.74) is 0.812. The molecule has 3 aromatic rings. The minimum Gasteiger partial charge on any atom is -0.444 e. The minimum absolute atomic E-state index is 0.0241. The first-order valence-corrected chi connectivity index (χ1v) is 8.69. The predicted molar refractivity (Wildman–Crippen MR) is 98.9 cm³/mol. The topological polar surface area (TPSA) is 55.1 Å². The Morgan fingerprint density at radius 2 is 1.81 bits per heavy atom. The van der Waals surface area contributed by atoms with Crippen molar-refractivity contribution >= 4 is 29.1 Å². The smallest absolute Gasteiger partial charge is 0.273 e. The maximum atomic E-state index is 13.7. The highest BCUT2D eigenvalue weighted by molar-refractivity contribution is 6.42. The number of hydrogen-bond acceptors (Lipinski definition) is 3. The molecule has 3 rings (SSSR count). The number of carbonyl (C=O) groups excluding carboxylic acids is 1. The summed E-state index contributed by atoms with van der Waals surface area (Å²) in [4.78, 5) is 16.5. The fourth-order valence-electron chi connectivity index (χ4n) is 2.41. The molecule has 8 heteroatoms. The van der Waals surface area contributed by atoms with Crippen molar-refractivity contribution in [3.05, 3.63) is 75.1 Å². The number of hydrogen-bond donors (Lipinski definition) is 1. The van der Waals surface area contributed by atoms with Gasteiger partial charge in [0.1, 0.15) is 17.9 Å². The summed E-state index contributed by atoms with van der Waals surface area (Å²) >= 11 is 11.8. The van der Waals surface area contributed by atoms with Crippen molar-refractivity contribution in [3.8, 4) is 11.5 Å². The van der Waals surface area contributed by atoms with E-state index in [-0.39, 0.29) is 17.1 Å². The average Bonchev–Trinajstić information content (AvgIpc) is 3.11. The van der Waals surface area contributed by atoms with Crippen LogP contribution in [0.3, 0.4) is 0 Å². The molecule has 0 spiro atoms. The van der Waals surface area contributed by atoms with Crippen LogP contribution in [-0.2, 0) is 0 Å². The largest absolute Gasteiger partial charge is 0.444 e. The predicted octanol–water partition coefficient (Wildman–Crippen LogP) is 5.73. The lowest BCUT2D eigenvalue weighted by Crippen LogP contribution is -2.27. The van der Waals surface area contributed by atoms with Crippen LogP contribution in [0.5, 0.6) is 0 Å². The van der Waals surface area contributed by atoms with E-state index in [0.717, 1.165) is 0 Å². The first-order valence-electron chi connectivity index (χ1n) is 7.93. The summed E-state index contributed by atoms with van der Waals surface area (Å²) < 4.78 is 32.7. The summed E-state index contributed by atoms with van der Waals surface area (Å²) in [6.07, 6.45) is 1.19. The molecule has 1 amide bonds. The standard InChI is InChI=1S/C19H14Cl2F2N2O2/c1-9-15(22)6-12(7-16(9)23)10(2)24-18(26)17-8-27-19(25-17)11-3-4-13(20)14(21)5-11/h3-8,10H,1-2H3,(H,24,26)/t10-/m1/s1. The van der Waals surface area contributed by atoms with Gasteiger partial charge in [-0.15, -0.1) is 0 Å². The average molecular weight is 411 g/mol. The molecule has 1 aromatic heterocycles. The maximum absolute atomic E-state index is 13.7. The Morgan fingerprint density at radius 3 is 2.44 bits per heavy atom. The normalized spacial score (nSPS) is 12.1. The van der Waals surface area contributed by atoms with E-state index in [4.69, 9.17) is 27.6 Å². The zero-order valence-electron chi connectivity index (χ0n) is 14.3. The van der Waals surface area contributed by atoms with Gasteiger partial charge in [0.15, 0.2) is 5.69 Å². The monoisotopic (exact) mass is 410 g/mol. The molecule has 0 fully saturated rings. The highest BCUT2D eigenvalue weighted by atomic mass is 35.5. The van der Waals surface area contributed by atoms with Crippen molar-refractivity contribution in [1.82, 2.24) is 10.3 Å². The van der Waals surface area contributed by atoms with Crippen molar-refractivity contribution in [1.29, 1.82) is 0 Å². The quantitative estimate of drug-likeness (QED) is 0.597. The number of nitrogens with one attached hydrogen (secondary N) is 1. The van der Waals surface area contributed by atoms with Crippen LogP contribution < -0.4 is 5.32 Å². The van der Waals surface area contributed by atoms with E-state index in [0.29, 0.717) is 21.2 Å². The summed E-state index contributed by atoms with van der Waals surface area (Å²) in [7, 11) is 0. The molecule has 0 saturated carbocycles. The van der Waals surface area contributed by atoms with E-state index >= 15 is 0 Å². The number of rotatable bonds is 4. The van der Waals surface area contributed by atoms with Gasteiger partial charge >= 0.3 is 0 Å². The highest BCUT2D eigenvalue weighted by Crippen LogP contribution is 2.28. The number of halogens is 4. The van der Waals surface area contributed by atoms with E-state index in [9.17, 15) is 13.6 Å². The van der Waals surface area contributed by atoms with Crippen LogP contribution in [0.25, 0.3) is 11.5 Å².